The summed E-state index contributed by atoms with van der Waals surface area (Å²) in [5, 5.41) is 14.1. The summed E-state index contributed by atoms with van der Waals surface area (Å²) in [6.45, 7) is 1.69. The molecule has 1 saturated carbocycles. The second-order valence-corrected chi connectivity index (χ2v) is 6.90. The summed E-state index contributed by atoms with van der Waals surface area (Å²) in [4.78, 5) is 27.3. The van der Waals surface area contributed by atoms with E-state index < -0.39 is 4.92 Å². The van der Waals surface area contributed by atoms with E-state index in [0.717, 1.165) is 19.3 Å². The highest BCUT2D eigenvalue weighted by molar-refractivity contribution is 5.96. The van der Waals surface area contributed by atoms with Crippen LogP contribution in [0.5, 0.6) is 0 Å². The van der Waals surface area contributed by atoms with E-state index in [1.165, 1.54) is 30.7 Å². The quantitative estimate of drug-likeness (QED) is 0.632. The fourth-order valence-corrected chi connectivity index (χ4v) is 3.66. The van der Waals surface area contributed by atoms with Gasteiger partial charge in [-0.1, -0.05) is 43.2 Å². The molecule has 2 aromatic rings. The molecule has 1 atom stereocenters. The molecule has 0 aliphatic heterocycles. The summed E-state index contributed by atoms with van der Waals surface area (Å²) < 4.78 is 0. The van der Waals surface area contributed by atoms with E-state index in [4.69, 9.17) is 0 Å². The van der Waals surface area contributed by atoms with E-state index >= 15 is 0 Å². The van der Waals surface area contributed by atoms with Gasteiger partial charge in [0.05, 0.1) is 16.2 Å². The first-order valence-corrected chi connectivity index (χ1v) is 9.00. The predicted molar refractivity (Wildman–Crippen MR) is 99.0 cm³/mol. The molecule has 0 radical (unpaired) electrons. The molecule has 0 bridgehead atoms. The molecule has 1 aromatic heterocycles. The largest absolute Gasteiger partial charge is 0.349 e. The van der Waals surface area contributed by atoms with Crippen LogP contribution >= 0.6 is 0 Å². The summed E-state index contributed by atoms with van der Waals surface area (Å²) in [7, 11) is 0. The first-order valence-electron chi connectivity index (χ1n) is 9.00. The van der Waals surface area contributed by atoms with Crippen molar-refractivity contribution in [2.24, 2.45) is 5.92 Å². The molecule has 0 spiro atoms. The van der Waals surface area contributed by atoms with Gasteiger partial charge in [0.25, 0.3) is 11.6 Å². The number of pyridine rings is 1. The third-order valence-electron chi connectivity index (χ3n) is 5.11. The molecule has 1 unspecified atom stereocenters. The van der Waals surface area contributed by atoms with Crippen LogP contribution in [0.15, 0.2) is 42.6 Å². The molecule has 1 aliphatic rings. The van der Waals surface area contributed by atoms with Gasteiger partial charge in [-0.15, -0.1) is 0 Å². The average Bonchev–Trinajstić information content (AvgIpc) is 3.16. The Hall–Kier alpha value is -2.76. The third kappa shape index (κ3) is 4.25. The van der Waals surface area contributed by atoms with E-state index in [-0.39, 0.29) is 23.2 Å². The molecule has 6 nitrogen and oxygen atoms in total. The number of nitrogens with one attached hydrogen (secondary N) is 1. The van der Waals surface area contributed by atoms with Crippen molar-refractivity contribution in [1.29, 1.82) is 0 Å². The van der Waals surface area contributed by atoms with Crippen LogP contribution in [0.4, 0.5) is 5.69 Å². The number of carbonyl (C=O) groups is 1. The van der Waals surface area contributed by atoms with Gasteiger partial charge in [0.2, 0.25) is 0 Å². The second kappa shape index (κ2) is 8.08. The van der Waals surface area contributed by atoms with Crippen LogP contribution in [0.2, 0.25) is 0 Å². The number of hydrogen-bond donors (Lipinski definition) is 1. The lowest BCUT2D eigenvalue weighted by molar-refractivity contribution is -0.385. The van der Waals surface area contributed by atoms with Gasteiger partial charge in [-0.3, -0.25) is 19.9 Å². The molecule has 136 valence electrons. The summed E-state index contributed by atoms with van der Waals surface area (Å²) in [6, 6.07) is 11.4. The van der Waals surface area contributed by atoms with Crippen molar-refractivity contribution in [3.63, 3.8) is 0 Å². The number of benzene rings is 1. The van der Waals surface area contributed by atoms with E-state index in [9.17, 15) is 14.9 Å². The highest BCUT2D eigenvalue weighted by Crippen LogP contribution is 2.29. The Balaban J connectivity index is 1.80. The number of nitrogens with zero attached hydrogens (tertiary/aromatic N) is 2. The average molecular weight is 353 g/mol. The van der Waals surface area contributed by atoms with Crippen LogP contribution in [0, 0.1) is 23.0 Å². The summed E-state index contributed by atoms with van der Waals surface area (Å²) in [5.74, 6) is 0.151. The van der Waals surface area contributed by atoms with Crippen LogP contribution < -0.4 is 5.32 Å². The van der Waals surface area contributed by atoms with Crippen molar-refractivity contribution in [3.8, 4) is 0 Å². The van der Waals surface area contributed by atoms with Crippen LogP contribution in [0.3, 0.4) is 0 Å². The standard InChI is InChI=1S/C20H23N3O3/c1-14-18(12-17(13-21-14)23(25)26)20(24)22-19(16-9-5-6-10-16)11-15-7-3-2-4-8-15/h2-4,7-8,12-13,16,19H,5-6,9-11H2,1H3,(H,22,24). The van der Waals surface area contributed by atoms with Crippen molar-refractivity contribution >= 4 is 11.6 Å². The maximum absolute atomic E-state index is 12.8. The van der Waals surface area contributed by atoms with Gasteiger partial charge in [-0.2, -0.15) is 0 Å². The van der Waals surface area contributed by atoms with Crippen molar-refractivity contribution in [1.82, 2.24) is 10.3 Å². The lowest BCUT2D eigenvalue weighted by Gasteiger charge is -2.25. The van der Waals surface area contributed by atoms with Crippen LogP contribution in [0.1, 0.15) is 47.3 Å². The van der Waals surface area contributed by atoms with Crippen LogP contribution in [-0.4, -0.2) is 21.9 Å². The predicted octanol–water partition coefficient (Wildman–Crippen LogP) is 3.83. The van der Waals surface area contributed by atoms with Crippen molar-refractivity contribution in [2.45, 2.75) is 45.1 Å². The number of nitro groups is 1. The molecule has 3 rings (SSSR count). The van der Waals surface area contributed by atoms with Gasteiger partial charge in [-0.05, 0) is 37.7 Å². The van der Waals surface area contributed by atoms with Gasteiger partial charge in [0.1, 0.15) is 6.20 Å². The van der Waals surface area contributed by atoms with Gasteiger partial charge in [0, 0.05) is 12.1 Å². The molecule has 1 heterocycles. The van der Waals surface area contributed by atoms with Crippen molar-refractivity contribution < 1.29 is 9.72 Å². The topological polar surface area (TPSA) is 85.1 Å². The van der Waals surface area contributed by atoms with Gasteiger partial charge in [-0.25, -0.2) is 0 Å². The first-order chi connectivity index (χ1) is 12.5. The van der Waals surface area contributed by atoms with Crippen LogP contribution in [-0.2, 0) is 6.42 Å². The molecule has 1 fully saturated rings. The molecule has 1 aliphatic carbocycles. The minimum Gasteiger partial charge on any atom is -0.349 e. The zero-order valence-electron chi connectivity index (χ0n) is 14.9. The Labute approximate surface area is 152 Å². The van der Waals surface area contributed by atoms with E-state index in [1.54, 1.807) is 6.92 Å². The SMILES string of the molecule is Cc1ncc([N+](=O)[O-])cc1C(=O)NC(Cc1ccccc1)C1CCCC1. The zero-order chi connectivity index (χ0) is 18.5. The molecule has 6 heteroatoms. The molecule has 0 saturated heterocycles. The highest BCUT2D eigenvalue weighted by Gasteiger charge is 2.28. The van der Waals surface area contributed by atoms with E-state index in [2.05, 4.69) is 22.4 Å². The zero-order valence-corrected chi connectivity index (χ0v) is 14.9. The van der Waals surface area contributed by atoms with Gasteiger partial charge < -0.3 is 5.32 Å². The lowest BCUT2D eigenvalue weighted by atomic mass is 9.92. The number of aromatic nitrogens is 1. The van der Waals surface area contributed by atoms with Gasteiger partial charge in [0.15, 0.2) is 0 Å². The molecule has 1 amide bonds. The minimum absolute atomic E-state index is 0.0195. The number of rotatable bonds is 6. The maximum Gasteiger partial charge on any atom is 0.288 e. The van der Waals surface area contributed by atoms with E-state index in [0.29, 0.717) is 11.6 Å². The van der Waals surface area contributed by atoms with Crippen molar-refractivity contribution in [2.75, 3.05) is 0 Å². The number of amides is 1. The maximum atomic E-state index is 12.8. The van der Waals surface area contributed by atoms with E-state index in [1.807, 2.05) is 18.2 Å². The second-order valence-electron chi connectivity index (χ2n) is 6.90. The fourth-order valence-electron chi connectivity index (χ4n) is 3.66. The Morgan fingerprint density at radius 1 is 1.31 bits per heavy atom. The van der Waals surface area contributed by atoms with Crippen molar-refractivity contribution in [3.05, 3.63) is 69.5 Å². The Morgan fingerprint density at radius 3 is 2.65 bits per heavy atom. The third-order valence-corrected chi connectivity index (χ3v) is 5.11. The molecular formula is C20H23N3O3. The summed E-state index contributed by atoms with van der Waals surface area (Å²) >= 11 is 0. The molecule has 1 N–H and O–H groups in total. The lowest BCUT2D eigenvalue weighted by Crippen LogP contribution is -2.41. The van der Waals surface area contributed by atoms with Gasteiger partial charge >= 0.3 is 0 Å². The smallest absolute Gasteiger partial charge is 0.288 e. The fraction of sp³-hybridized carbons (Fsp3) is 0.400. The summed E-state index contributed by atoms with van der Waals surface area (Å²) in [5.41, 5.74) is 1.79. The number of aryl methyl sites for hydroxylation is 1. The number of hydrogen-bond acceptors (Lipinski definition) is 4. The van der Waals surface area contributed by atoms with Crippen LogP contribution in [0.25, 0.3) is 0 Å². The monoisotopic (exact) mass is 353 g/mol. The highest BCUT2D eigenvalue weighted by atomic mass is 16.6. The molecular weight excluding hydrogens is 330 g/mol. The normalized spacial score (nSPS) is 15.6. The Morgan fingerprint density at radius 2 is 2.00 bits per heavy atom. The first kappa shape index (κ1) is 18.0. The molecule has 26 heavy (non-hydrogen) atoms. The molecule has 1 aromatic carbocycles. The Bertz CT molecular complexity index is 786. The Kier molecular flexibility index (Phi) is 5.61. The minimum atomic E-state index is -0.526. The summed E-state index contributed by atoms with van der Waals surface area (Å²) in [6.07, 6.45) is 6.52. The number of carbonyl (C=O) groups excluding carboxylic acids is 1.